The second-order valence-corrected chi connectivity index (χ2v) is 10.6. The molecule has 2 aromatic heterocycles. The van der Waals surface area contributed by atoms with E-state index < -0.39 is 5.60 Å². The normalized spacial score (nSPS) is 17.3. The van der Waals surface area contributed by atoms with Crippen LogP contribution < -0.4 is 10.6 Å². The Balaban J connectivity index is 1.44. The Morgan fingerprint density at radius 2 is 2.20 bits per heavy atom. The van der Waals surface area contributed by atoms with Crippen molar-refractivity contribution < 1.29 is 9.53 Å². The highest BCUT2D eigenvalue weighted by molar-refractivity contribution is 7.16. The van der Waals surface area contributed by atoms with Crippen molar-refractivity contribution in [1.29, 1.82) is 0 Å². The Bertz CT molecular complexity index is 884. The molecule has 1 aliphatic rings. The van der Waals surface area contributed by atoms with Crippen LogP contribution in [0, 0.1) is 6.92 Å². The van der Waals surface area contributed by atoms with Gasteiger partial charge in [0.2, 0.25) is 0 Å². The van der Waals surface area contributed by atoms with Gasteiger partial charge >= 0.3 is 6.09 Å². The quantitative estimate of drug-likeness (QED) is 0.535. The predicted octanol–water partition coefficient (Wildman–Crippen LogP) is 3.90. The van der Waals surface area contributed by atoms with E-state index in [2.05, 4.69) is 43.0 Å². The average molecular weight is 450 g/mol. The van der Waals surface area contributed by atoms with E-state index >= 15 is 0 Å². The molecule has 0 saturated carbocycles. The summed E-state index contributed by atoms with van der Waals surface area (Å²) in [5, 5.41) is 9.61. The van der Waals surface area contributed by atoms with E-state index in [0.29, 0.717) is 0 Å². The molecule has 1 amide bonds. The third-order valence-electron chi connectivity index (χ3n) is 4.61. The number of aliphatic imine (C=N–C) groups is 1. The van der Waals surface area contributed by atoms with Gasteiger partial charge in [0.25, 0.3) is 0 Å². The number of carbonyl (C=O) groups is 1. The van der Waals surface area contributed by atoms with Crippen LogP contribution in [0.2, 0.25) is 0 Å². The monoisotopic (exact) mass is 449 g/mol. The van der Waals surface area contributed by atoms with E-state index in [1.807, 2.05) is 27.7 Å². The lowest BCUT2D eigenvalue weighted by Gasteiger charge is -2.23. The number of alkyl carbamates (subject to hydrolysis) is 1. The summed E-state index contributed by atoms with van der Waals surface area (Å²) in [6, 6.07) is 4.40. The molecule has 1 aliphatic heterocycles. The second kappa shape index (κ2) is 9.78. The van der Waals surface area contributed by atoms with Crippen molar-refractivity contribution in [1.82, 2.24) is 20.5 Å². The van der Waals surface area contributed by atoms with Crippen molar-refractivity contribution in [3.8, 4) is 10.6 Å². The minimum Gasteiger partial charge on any atom is -0.444 e. The number of nitrogens with zero attached hydrogens (tertiary/aromatic N) is 3. The van der Waals surface area contributed by atoms with Gasteiger partial charge in [-0.1, -0.05) is 0 Å². The minimum atomic E-state index is -0.486. The number of hydrogen-bond acceptors (Lipinski definition) is 6. The molecule has 3 rings (SSSR count). The van der Waals surface area contributed by atoms with Crippen LogP contribution in [0.3, 0.4) is 0 Å². The molecule has 1 unspecified atom stereocenters. The van der Waals surface area contributed by atoms with E-state index in [1.165, 1.54) is 9.75 Å². The first-order valence-electron chi connectivity index (χ1n) is 10.2. The summed E-state index contributed by atoms with van der Waals surface area (Å²) < 4.78 is 5.35. The number of rotatable bonds is 5. The number of amides is 1. The van der Waals surface area contributed by atoms with Crippen molar-refractivity contribution in [2.75, 3.05) is 26.7 Å². The zero-order chi connectivity index (χ0) is 21.7. The van der Waals surface area contributed by atoms with Crippen LogP contribution >= 0.6 is 22.7 Å². The van der Waals surface area contributed by atoms with Gasteiger partial charge in [0.05, 0.1) is 21.6 Å². The summed E-state index contributed by atoms with van der Waals surface area (Å²) >= 11 is 3.47. The highest BCUT2D eigenvalue weighted by Crippen LogP contribution is 2.29. The zero-order valence-corrected chi connectivity index (χ0v) is 20.0. The lowest BCUT2D eigenvalue weighted by molar-refractivity contribution is 0.0507. The summed E-state index contributed by atoms with van der Waals surface area (Å²) in [5.41, 5.74) is 0.582. The summed E-state index contributed by atoms with van der Waals surface area (Å²) in [6.07, 6.45) is 1.45. The summed E-state index contributed by atoms with van der Waals surface area (Å²) in [5.74, 6) is 0.871. The molecular formula is C21H31N5O2S2. The maximum atomic E-state index is 12.0. The van der Waals surface area contributed by atoms with Gasteiger partial charge in [0.1, 0.15) is 5.60 Å². The first-order chi connectivity index (χ1) is 14.2. The van der Waals surface area contributed by atoms with E-state index in [0.717, 1.165) is 49.1 Å². The molecule has 1 saturated heterocycles. The standard InChI is InChI=1S/C21H31N5O2S2/c1-14-24-17(13-29-14)18-7-6-16(30-18)8-10-23-19(22-5)26-11-9-15(12-26)25-20(27)28-21(2,3)4/h6-7,13,15H,8-12H2,1-5H3,(H,22,23)(H,25,27). The fourth-order valence-electron chi connectivity index (χ4n) is 3.30. The van der Waals surface area contributed by atoms with E-state index in [-0.39, 0.29) is 12.1 Å². The molecule has 1 fully saturated rings. The van der Waals surface area contributed by atoms with E-state index in [9.17, 15) is 4.79 Å². The maximum absolute atomic E-state index is 12.0. The third-order valence-corrected chi connectivity index (χ3v) is 6.55. The number of carbonyl (C=O) groups excluding carboxylic acids is 1. The number of ether oxygens (including phenoxy) is 1. The molecule has 0 radical (unpaired) electrons. The summed E-state index contributed by atoms with van der Waals surface area (Å²) in [4.78, 5) is 25.7. The average Bonchev–Trinajstić information content (AvgIpc) is 3.38. The van der Waals surface area contributed by atoms with Crippen LogP contribution in [0.4, 0.5) is 4.79 Å². The van der Waals surface area contributed by atoms with Crippen LogP contribution in [0.5, 0.6) is 0 Å². The molecule has 1 atom stereocenters. The van der Waals surface area contributed by atoms with Crippen LogP contribution in [-0.4, -0.2) is 60.3 Å². The number of aryl methyl sites for hydroxylation is 1. The topological polar surface area (TPSA) is 78.9 Å². The van der Waals surface area contributed by atoms with Gasteiger partial charge in [-0.25, -0.2) is 9.78 Å². The number of thiophene rings is 1. The van der Waals surface area contributed by atoms with Crippen molar-refractivity contribution in [2.24, 2.45) is 4.99 Å². The summed E-state index contributed by atoms with van der Waals surface area (Å²) in [7, 11) is 1.80. The first kappa shape index (κ1) is 22.6. The van der Waals surface area contributed by atoms with Gasteiger partial charge in [0.15, 0.2) is 5.96 Å². The molecule has 9 heteroatoms. The third kappa shape index (κ3) is 6.43. The predicted molar refractivity (Wildman–Crippen MR) is 125 cm³/mol. The molecule has 0 spiro atoms. The first-order valence-corrected chi connectivity index (χ1v) is 11.9. The molecule has 2 N–H and O–H groups in total. The van der Waals surface area contributed by atoms with Crippen LogP contribution in [0.15, 0.2) is 22.5 Å². The van der Waals surface area contributed by atoms with Gasteiger partial charge in [-0.3, -0.25) is 4.99 Å². The fraction of sp³-hybridized carbons (Fsp3) is 0.571. The number of likely N-dealkylation sites (tertiary alicyclic amines) is 1. The molecule has 164 valence electrons. The Hall–Kier alpha value is -2.13. The number of guanidine groups is 1. The molecular weight excluding hydrogens is 418 g/mol. The van der Waals surface area contributed by atoms with Gasteiger partial charge in [0, 0.05) is 36.9 Å². The Kier molecular flexibility index (Phi) is 7.36. The SMILES string of the molecule is CN=C(NCCc1ccc(-c2csc(C)n2)s1)N1CCC(NC(=O)OC(C)(C)C)C1. The van der Waals surface area contributed by atoms with Crippen molar-refractivity contribution >= 4 is 34.7 Å². The molecule has 0 aliphatic carbocycles. The van der Waals surface area contributed by atoms with Crippen LogP contribution in [0.25, 0.3) is 10.6 Å². The molecule has 3 heterocycles. The van der Waals surface area contributed by atoms with E-state index in [4.69, 9.17) is 4.74 Å². The largest absolute Gasteiger partial charge is 0.444 e. The highest BCUT2D eigenvalue weighted by Gasteiger charge is 2.27. The van der Waals surface area contributed by atoms with Gasteiger partial charge < -0.3 is 20.3 Å². The highest BCUT2D eigenvalue weighted by atomic mass is 32.1. The smallest absolute Gasteiger partial charge is 0.407 e. The molecule has 30 heavy (non-hydrogen) atoms. The molecule has 0 aromatic carbocycles. The fourth-order valence-corrected chi connectivity index (χ4v) is 4.96. The lowest BCUT2D eigenvalue weighted by atomic mass is 10.2. The van der Waals surface area contributed by atoms with Crippen molar-refractivity contribution in [3.05, 3.63) is 27.4 Å². The van der Waals surface area contributed by atoms with Crippen molar-refractivity contribution in [2.45, 2.75) is 52.2 Å². The minimum absolute atomic E-state index is 0.0693. The number of hydrogen-bond donors (Lipinski definition) is 2. The maximum Gasteiger partial charge on any atom is 0.407 e. The Morgan fingerprint density at radius 1 is 1.40 bits per heavy atom. The zero-order valence-electron chi connectivity index (χ0n) is 18.3. The van der Waals surface area contributed by atoms with Crippen molar-refractivity contribution in [3.63, 3.8) is 0 Å². The number of aromatic nitrogens is 1. The lowest BCUT2D eigenvalue weighted by Crippen LogP contribution is -2.44. The Labute approximate surface area is 186 Å². The van der Waals surface area contributed by atoms with Crippen LogP contribution in [-0.2, 0) is 11.2 Å². The molecule has 0 bridgehead atoms. The Morgan fingerprint density at radius 3 is 2.87 bits per heavy atom. The van der Waals surface area contributed by atoms with E-state index in [1.54, 1.807) is 29.7 Å². The van der Waals surface area contributed by atoms with Gasteiger partial charge in [-0.2, -0.15) is 0 Å². The number of nitrogens with one attached hydrogen (secondary N) is 2. The van der Waals surface area contributed by atoms with Gasteiger partial charge in [-0.15, -0.1) is 22.7 Å². The van der Waals surface area contributed by atoms with Gasteiger partial charge in [-0.05, 0) is 52.7 Å². The summed E-state index contributed by atoms with van der Waals surface area (Å²) in [6.45, 7) is 10.0. The molecule has 2 aromatic rings. The second-order valence-electron chi connectivity index (χ2n) is 8.32. The molecule has 7 nitrogen and oxygen atoms in total. The number of thiazole rings is 1. The van der Waals surface area contributed by atoms with Crippen LogP contribution in [0.1, 0.15) is 37.1 Å².